The number of carbonyl (C=O) groups is 1. The summed E-state index contributed by atoms with van der Waals surface area (Å²) in [6, 6.07) is -0.322. The fourth-order valence-electron chi connectivity index (χ4n) is 8.61. The third-order valence-corrected chi connectivity index (χ3v) is 12.0. The normalized spacial score (nSPS) is 49.8. The predicted molar refractivity (Wildman–Crippen MR) is 190 cm³/mol. The zero-order chi connectivity index (χ0) is 39.7. The highest BCUT2D eigenvalue weighted by molar-refractivity contribution is 5.88. The van der Waals surface area contributed by atoms with E-state index >= 15 is 0 Å². The van der Waals surface area contributed by atoms with Gasteiger partial charge in [-0.2, -0.15) is 0 Å². The quantitative estimate of drug-likeness (QED) is 0.125. The molecule has 3 aliphatic heterocycles. The summed E-state index contributed by atoms with van der Waals surface area (Å²) in [4.78, 5) is 16.0. The molecule has 304 valence electrons. The van der Waals surface area contributed by atoms with Gasteiger partial charge in [0.15, 0.2) is 12.6 Å². The van der Waals surface area contributed by atoms with E-state index in [4.69, 9.17) is 28.4 Å². The summed E-state index contributed by atoms with van der Waals surface area (Å²) >= 11 is 0. The summed E-state index contributed by atoms with van der Waals surface area (Å²) in [5.74, 6) is -4.24. The summed E-state index contributed by atoms with van der Waals surface area (Å²) in [6.07, 6.45) is -9.51. The highest BCUT2D eigenvalue weighted by Crippen LogP contribution is 2.41. The van der Waals surface area contributed by atoms with Crippen LogP contribution in [-0.4, -0.2) is 153 Å². The van der Waals surface area contributed by atoms with Crippen LogP contribution in [0.1, 0.15) is 94.9 Å². The zero-order valence-corrected chi connectivity index (χ0v) is 33.4. The number of aliphatic hydroxyl groups is 5. The van der Waals surface area contributed by atoms with Crippen molar-refractivity contribution in [1.82, 2.24) is 4.90 Å². The molecule has 0 aromatic carbocycles. The summed E-state index contributed by atoms with van der Waals surface area (Å²) in [5.41, 5.74) is -4.68. The smallest absolute Gasteiger partial charge is 0.311 e. The molecule has 6 N–H and O–H groups in total. The van der Waals surface area contributed by atoms with Crippen LogP contribution in [0.5, 0.6) is 0 Å². The Balaban J connectivity index is 2.21. The zero-order valence-electron chi connectivity index (χ0n) is 33.4. The summed E-state index contributed by atoms with van der Waals surface area (Å²) in [7, 11) is 5.19. The third kappa shape index (κ3) is 9.47. The molecule has 52 heavy (non-hydrogen) atoms. The first kappa shape index (κ1) is 44.9. The second-order valence-corrected chi connectivity index (χ2v) is 16.6. The maximum absolute atomic E-state index is 14.1. The Morgan fingerprint density at radius 3 is 2.08 bits per heavy atom. The predicted octanol–water partition coefficient (Wildman–Crippen LogP) is 2.05. The van der Waals surface area contributed by atoms with E-state index in [1.807, 2.05) is 25.9 Å². The first-order valence-electron chi connectivity index (χ1n) is 18.7. The lowest BCUT2D eigenvalue weighted by atomic mass is 9.73. The van der Waals surface area contributed by atoms with Gasteiger partial charge in [0.2, 0.25) is 0 Å². The number of hydrogen-bond acceptors (Lipinski definition) is 15. The molecule has 0 saturated carbocycles. The van der Waals surface area contributed by atoms with Crippen LogP contribution in [-0.2, 0) is 33.2 Å². The van der Waals surface area contributed by atoms with E-state index in [1.54, 1.807) is 55.4 Å². The number of esters is 1. The molecule has 3 aliphatic rings. The van der Waals surface area contributed by atoms with Crippen LogP contribution in [0.4, 0.5) is 0 Å². The molecule has 0 aromatic heterocycles. The molecular formula is C37H68N2O13. The first-order chi connectivity index (χ1) is 24.0. The van der Waals surface area contributed by atoms with Gasteiger partial charge in [0.05, 0.1) is 53.4 Å². The fourth-order valence-corrected chi connectivity index (χ4v) is 8.61. The Morgan fingerprint density at radius 1 is 0.923 bits per heavy atom. The average Bonchev–Trinajstić information content (AvgIpc) is 3.06. The number of cyclic esters (lactones) is 1. The molecule has 18 atom stereocenters. The van der Waals surface area contributed by atoms with Crippen LogP contribution in [0.25, 0.3) is 0 Å². The number of likely N-dealkylation sites (N-methyl/N-ethyl adjacent to an activating group) is 1. The van der Waals surface area contributed by atoms with Crippen LogP contribution >= 0.6 is 0 Å². The van der Waals surface area contributed by atoms with Crippen LogP contribution in [0.15, 0.2) is 5.16 Å². The van der Waals surface area contributed by atoms with E-state index in [2.05, 4.69) is 5.16 Å². The highest BCUT2D eigenvalue weighted by Gasteiger charge is 2.53. The van der Waals surface area contributed by atoms with Crippen molar-refractivity contribution in [2.75, 3.05) is 21.2 Å². The van der Waals surface area contributed by atoms with Gasteiger partial charge in [-0.25, -0.2) is 0 Å². The van der Waals surface area contributed by atoms with Crippen LogP contribution in [0, 0.1) is 23.7 Å². The topological polar surface area (TPSA) is 209 Å². The maximum atomic E-state index is 14.1. The lowest BCUT2D eigenvalue weighted by Crippen LogP contribution is -2.61. The van der Waals surface area contributed by atoms with E-state index in [-0.39, 0.29) is 37.1 Å². The molecule has 3 rings (SSSR count). The second kappa shape index (κ2) is 17.5. The molecule has 3 saturated heterocycles. The minimum atomic E-state index is -1.97. The lowest BCUT2D eigenvalue weighted by molar-refractivity contribution is -0.317. The summed E-state index contributed by atoms with van der Waals surface area (Å²) in [5, 5.41) is 71.8. The molecule has 15 nitrogen and oxygen atoms in total. The Kier molecular flexibility index (Phi) is 15.1. The molecule has 15 heteroatoms. The van der Waals surface area contributed by atoms with Gasteiger partial charge in [0.1, 0.15) is 23.9 Å². The van der Waals surface area contributed by atoms with E-state index < -0.39 is 102 Å². The van der Waals surface area contributed by atoms with E-state index in [0.29, 0.717) is 6.42 Å². The highest BCUT2D eigenvalue weighted by atomic mass is 16.7. The molecular weight excluding hydrogens is 680 g/mol. The van der Waals surface area contributed by atoms with Gasteiger partial charge in [-0.05, 0) is 74.9 Å². The molecule has 0 aromatic rings. The van der Waals surface area contributed by atoms with Crippen molar-refractivity contribution >= 4 is 11.7 Å². The van der Waals surface area contributed by atoms with Gasteiger partial charge in [-0.15, -0.1) is 0 Å². The van der Waals surface area contributed by atoms with E-state index in [9.17, 15) is 35.5 Å². The number of carbonyl (C=O) groups excluding carboxylic acids is 1. The van der Waals surface area contributed by atoms with Crippen LogP contribution < -0.4 is 0 Å². The Morgan fingerprint density at radius 2 is 1.54 bits per heavy atom. The van der Waals surface area contributed by atoms with Gasteiger partial charge in [-0.1, -0.05) is 32.9 Å². The second-order valence-electron chi connectivity index (χ2n) is 16.6. The maximum Gasteiger partial charge on any atom is 0.311 e. The minimum absolute atomic E-state index is 0.0657. The molecule has 0 amide bonds. The summed E-state index contributed by atoms with van der Waals surface area (Å²) in [6.45, 7) is 16.6. The molecule has 3 heterocycles. The Labute approximate surface area is 309 Å². The lowest BCUT2D eigenvalue weighted by Gasteiger charge is -2.49. The largest absolute Gasteiger partial charge is 0.459 e. The fraction of sp³-hybridized carbons (Fsp3) is 0.946. The van der Waals surface area contributed by atoms with Crippen molar-refractivity contribution in [1.29, 1.82) is 0 Å². The van der Waals surface area contributed by atoms with Gasteiger partial charge >= 0.3 is 5.97 Å². The van der Waals surface area contributed by atoms with Gasteiger partial charge in [0, 0.05) is 37.3 Å². The van der Waals surface area contributed by atoms with Crippen molar-refractivity contribution in [3.63, 3.8) is 0 Å². The van der Waals surface area contributed by atoms with Crippen molar-refractivity contribution in [2.24, 2.45) is 28.8 Å². The van der Waals surface area contributed by atoms with Crippen molar-refractivity contribution in [3.05, 3.63) is 0 Å². The number of ether oxygens (including phenoxy) is 6. The molecule has 0 radical (unpaired) electrons. The standard InChI is InChI=1S/C37H68N2O13/c1-14-25-37(10,45)30(41)20(4)27(38-46)18(2)16-35(8,44)32(52-34-28(40)24(39(11)12)15-19(3)48-34)21(5)29(22(6)33(43)50-25)51-26-17-36(9,47-13)31(42)23(7)49-26/h18-26,28-32,34,40-42,44-46H,14-17H2,1-13H3/b38-27-/t18-,19?,20?,21?,22+,23?,24?,25?,26?,28?,29+,30-,31?,32-,34?,35-,36?,37-/m0/s1. The number of oxime groups is 1. The Hall–Kier alpha value is -1.50. The van der Waals surface area contributed by atoms with Crippen LogP contribution in [0.2, 0.25) is 0 Å². The van der Waals surface area contributed by atoms with Gasteiger partial charge < -0.3 is 64.1 Å². The van der Waals surface area contributed by atoms with Gasteiger partial charge in [-0.3, -0.25) is 4.79 Å². The first-order valence-corrected chi connectivity index (χ1v) is 18.7. The monoisotopic (exact) mass is 748 g/mol. The third-order valence-electron chi connectivity index (χ3n) is 12.0. The van der Waals surface area contributed by atoms with Gasteiger partial charge in [0.25, 0.3) is 0 Å². The number of methoxy groups -OCH3 is 1. The summed E-state index contributed by atoms with van der Waals surface area (Å²) < 4.78 is 37.2. The van der Waals surface area contributed by atoms with Crippen molar-refractivity contribution < 1.29 is 64.0 Å². The minimum Gasteiger partial charge on any atom is -0.459 e. The molecule has 0 bridgehead atoms. The number of nitrogens with zero attached hydrogens (tertiary/aromatic N) is 2. The SMILES string of the molecule is CCC1OC(=O)[C@H](C)[C@H](OC2CC(C)(OC)C(O)C(C)O2)C(C)[C@H](OC2OC(C)CC(N(C)C)C2O)[C@@](C)(O)C[C@H](C)/C(=N/O)C(C)[C@H](O)[C@@]1(C)O. The molecule has 11 unspecified atom stereocenters. The number of hydrogen-bond donors (Lipinski definition) is 6. The Bertz CT molecular complexity index is 1200. The van der Waals surface area contributed by atoms with E-state index in [1.165, 1.54) is 14.0 Å². The van der Waals surface area contributed by atoms with Crippen molar-refractivity contribution in [2.45, 2.75) is 179 Å². The molecule has 0 aliphatic carbocycles. The van der Waals surface area contributed by atoms with Crippen LogP contribution in [0.3, 0.4) is 0 Å². The van der Waals surface area contributed by atoms with Crippen molar-refractivity contribution in [3.8, 4) is 0 Å². The van der Waals surface area contributed by atoms with E-state index in [0.717, 1.165) is 0 Å². The number of rotatable bonds is 7. The number of aliphatic hydroxyl groups excluding tert-OH is 3. The molecule has 0 spiro atoms. The molecule has 3 fully saturated rings. The average molecular weight is 749 g/mol.